The van der Waals surface area contributed by atoms with E-state index in [1.54, 1.807) is 18.2 Å². The Hall–Kier alpha value is -2.62. The number of H-pyrrole nitrogens is 2. The van der Waals surface area contributed by atoms with Crippen molar-refractivity contribution in [2.75, 3.05) is 23.4 Å². The largest absolute Gasteiger partial charge is 0.338 e. The molecule has 3 heterocycles. The lowest BCUT2D eigenvalue weighted by atomic mass is 10.1. The summed E-state index contributed by atoms with van der Waals surface area (Å²) in [6.07, 6.45) is 0.506. The highest BCUT2D eigenvalue weighted by Gasteiger charge is 2.41. The van der Waals surface area contributed by atoms with Gasteiger partial charge in [0.2, 0.25) is 11.8 Å². The number of benzene rings is 1. The zero-order valence-corrected chi connectivity index (χ0v) is 14.6. The molecule has 2 amide bonds. The first-order valence-corrected chi connectivity index (χ1v) is 10.2. The minimum Gasteiger partial charge on any atom is -0.338 e. The third kappa shape index (κ3) is 3.12. The van der Waals surface area contributed by atoms with Gasteiger partial charge in [-0.15, -0.1) is 0 Å². The number of carbonyl (C=O) groups excluding carboxylic acids is 2. The molecule has 1 aromatic heterocycles. The molecule has 0 saturated carbocycles. The highest BCUT2D eigenvalue weighted by atomic mass is 32.2. The number of anilines is 1. The van der Waals surface area contributed by atoms with Crippen molar-refractivity contribution < 1.29 is 18.0 Å². The lowest BCUT2D eigenvalue weighted by Gasteiger charge is -2.22. The van der Waals surface area contributed by atoms with Crippen LogP contribution in [0.15, 0.2) is 23.0 Å². The molecule has 0 aliphatic carbocycles. The van der Waals surface area contributed by atoms with E-state index in [4.69, 9.17) is 0 Å². The van der Waals surface area contributed by atoms with Crippen LogP contribution in [-0.4, -0.2) is 59.2 Å². The van der Waals surface area contributed by atoms with Crippen LogP contribution in [0.4, 0.5) is 5.69 Å². The number of likely N-dealkylation sites (tertiary alicyclic amines) is 1. The van der Waals surface area contributed by atoms with Gasteiger partial charge in [0.05, 0.1) is 28.5 Å². The van der Waals surface area contributed by atoms with Crippen LogP contribution in [0.2, 0.25) is 0 Å². The van der Waals surface area contributed by atoms with Crippen molar-refractivity contribution in [3.8, 4) is 0 Å². The van der Waals surface area contributed by atoms with E-state index in [1.165, 1.54) is 4.90 Å². The molecular formula is C16H18N4O5S. The van der Waals surface area contributed by atoms with Crippen LogP contribution in [0, 0.1) is 5.92 Å². The van der Waals surface area contributed by atoms with Gasteiger partial charge >= 0.3 is 5.69 Å². The number of imidazole rings is 1. The Balaban J connectivity index is 1.45. The van der Waals surface area contributed by atoms with Crippen LogP contribution in [-0.2, 0) is 19.4 Å². The van der Waals surface area contributed by atoms with E-state index < -0.39 is 15.8 Å². The number of hydrogen-bond acceptors (Lipinski definition) is 5. The highest BCUT2D eigenvalue weighted by Crippen LogP contribution is 2.27. The molecule has 138 valence electrons. The Morgan fingerprint density at radius 3 is 2.69 bits per heavy atom. The summed E-state index contributed by atoms with van der Waals surface area (Å²) in [6, 6.07) is 4.66. The summed E-state index contributed by atoms with van der Waals surface area (Å²) in [6.45, 7) is 0.230. The second-order valence-corrected chi connectivity index (χ2v) is 9.06. The summed E-state index contributed by atoms with van der Waals surface area (Å²) in [4.78, 5) is 42.8. The van der Waals surface area contributed by atoms with Crippen molar-refractivity contribution in [3.05, 3.63) is 28.7 Å². The number of nitrogens with one attached hydrogen (secondary N) is 3. The predicted octanol–water partition coefficient (Wildman–Crippen LogP) is -0.170. The van der Waals surface area contributed by atoms with E-state index in [0.29, 0.717) is 23.1 Å². The fourth-order valence-corrected chi connectivity index (χ4v) is 5.37. The van der Waals surface area contributed by atoms with E-state index in [9.17, 15) is 22.8 Å². The Kier molecular flexibility index (Phi) is 3.87. The summed E-state index contributed by atoms with van der Waals surface area (Å²) < 4.78 is 23.2. The van der Waals surface area contributed by atoms with Crippen LogP contribution in [0.1, 0.15) is 12.8 Å². The average Bonchev–Trinajstić information content (AvgIpc) is 3.22. The summed E-state index contributed by atoms with van der Waals surface area (Å²) in [5, 5.41) is 2.76. The Labute approximate surface area is 148 Å². The van der Waals surface area contributed by atoms with Gasteiger partial charge in [-0.1, -0.05) is 0 Å². The first-order valence-electron chi connectivity index (χ1n) is 8.33. The Morgan fingerprint density at radius 2 is 1.96 bits per heavy atom. The monoisotopic (exact) mass is 378 g/mol. The molecule has 2 aromatic rings. The molecule has 2 aliphatic rings. The Bertz CT molecular complexity index is 1050. The third-order valence-electron chi connectivity index (χ3n) is 4.96. The van der Waals surface area contributed by atoms with Gasteiger partial charge in [-0.05, 0) is 24.6 Å². The maximum absolute atomic E-state index is 12.5. The number of aromatic nitrogens is 2. The van der Waals surface area contributed by atoms with Crippen LogP contribution in [0.3, 0.4) is 0 Å². The molecule has 10 heteroatoms. The molecule has 26 heavy (non-hydrogen) atoms. The molecule has 2 saturated heterocycles. The van der Waals surface area contributed by atoms with Crippen LogP contribution >= 0.6 is 0 Å². The van der Waals surface area contributed by atoms with Crippen molar-refractivity contribution >= 4 is 38.4 Å². The minimum atomic E-state index is -3.09. The topological polar surface area (TPSA) is 132 Å². The number of sulfone groups is 1. The van der Waals surface area contributed by atoms with E-state index in [2.05, 4.69) is 15.3 Å². The summed E-state index contributed by atoms with van der Waals surface area (Å²) in [5.74, 6) is -0.930. The molecule has 2 aliphatic heterocycles. The molecule has 2 atom stereocenters. The van der Waals surface area contributed by atoms with Gasteiger partial charge in [-0.3, -0.25) is 9.59 Å². The van der Waals surface area contributed by atoms with Gasteiger partial charge in [0.15, 0.2) is 9.84 Å². The van der Waals surface area contributed by atoms with Crippen molar-refractivity contribution in [2.45, 2.75) is 18.9 Å². The third-order valence-corrected chi connectivity index (χ3v) is 6.71. The smallest absolute Gasteiger partial charge is 0.323 e. The van der Waals surface area contributed by atoms with Crippen LogP contribution < -0.4 is 11.0 Å². The number of nitrogens with zero attached hydrogens (tertiary/aromatic N) is 1. The normalized spacial score (nSPS) is 25.1. The standard InChI is InChI=1S/C16H18N4O5S/c21-14-5-9(7-20(14)11-3-4-26(24,25)8-11)15(22)17-10-1-2-12-13(6-10)19-16(23)18-12/h1-2,6,9,11H,3-5,7-8H2,(H,17,22)(H2,18,19,23)/t9-,11-/m0/s1. The number of aromatic amines is 2. The summed E-state index contributed by atoms with van der Waals surface area (Å²) in [5.41, 5.74) is 1.41. The SMILES string of the molecule is O=C(Nc1ccc2[nH]c(=O)[nH]c2c1)[C@H]1CC(=O)N([C@H]2CCS(=O)(=O)C2)C1. The predicted molar refractivity (Wildman–Crippen MR) is 94.4 cm³/mol. The number of fused-ring (bicyclic) bond motifs is 1. The zero-order chi connectivity index (χ0) is 18.5. The Morgan fingerprint density at radius 1 is 1.19 bits per heavy atom. The van der Waals surface area contributed by atoms with Crippen molar-refractivity contribution in [2.24, 2.45) is 5.92 Å². The molecule has 1 aromatic carbocycles. The molecule has 0 radical (unpaired) electrons. The molecule has 0 bridgehead atoms. The van der Waals surface area contributed by atoms with Gasteiger partial charge in [0.25, 0.3) is 0 Å². The highest BCUT2D eigenvalue weighted by molar-refractivity contribution is 7.91. The average molecular weight is 378 g/mol. The molecule has 2 fully saturated rings. The molecule has 0 unspecified atom stereocenters. The maximum Gasteiger partial charge on any atom is 0.323 e. The number of hydrogen-bond donors (Lipinski definition) is 3. The van der Waals surface area contributed by atoms with Crippen molar-refractivity contribution in [1.29, 1.82) is 0 Å². The quantitative estimate of drug-likeness (QED) is 0.682. The van der Waals surface area contributed by atoms with Crippen molar-refractivity contribution in [1.82, 2.24) is 14.9 Å². The van der Waals surface area contributed by atoms with Gasteiger partial charge in [-0.25, -0.2) is 13.2 Å². The first-order chi connectivity index (χ1) is 12.3. The van der Waals surface area contributed by atoms with Gasteiger partial charge in [0.1, 0.15) is 0 Å². The van der Waals surface area contributed by atoms with E-state index >= 15 is 0 Å². The van der Waals surface area contributed by atoms with E-state index in [-0.39, 0.29) is 48.0 Å². The lowest BCUT2D eigenvalue weighted by molar-refractivity contribution is -0.129. The zero-order valence-electron chi connectivity index (χ0n) is 13.8. The fraction of sp³-hybridized carbons (Fsp3) is 0.438. The second-order valence-electron chi connectivity index (χ2n) is 6.83. The molecule has 4 rings (SSSR count). The van der Waals surface area contributed by atoms with Crippen molar-refractivity contribution in [3.63, 3.8) is 0 Å². The minimum absolute atomic E-state index is 0.0232. The van der Waals surface area contributed by atoms with Gasteiger partial charge in [-0.2, -0.15) is 0 Å². The van der Waals surface area contributed by atoms with Gasteiger partial charge < -0.3 is 20.2 Å². The number of rotatable bonds is 3. The van der Waals surface area contributed by atoms with Crippen LogP contribution in [0.25, 0.3) is 11.0 Å². The molecule has 3 N–H and O–H groups in total. The van der Waals surface area contributed by atoms with E-state index in [1.807, 2.05) is 0 Å². The molecule has 0 spiro atoms. The number of amides is 2. The maximum atomic E-state index is 12.5. The summed E-state index contributed by atoms with van der Waals surface area (Å²) in [7, 11) is -3.09. The molecular weight excluding hydrogens is 360 g/mol. The van der Waals surface area contributed by atoms with E-state index in [0.717, 1.165) is 0 Å². The first kappa shape index (κ1) is 16.8. The lowest BCUT2D eigenvalue weighted by Crippen LogP contribution is -2.38. The fourth-order valence-electron chi connectivity index (χ4n) is 3.64. The molecule has 9 nitrogen and oxygen atoms in total. The van der Waals surface area contributed by atoms with Crippen LogP contribution in [0.5, 0.6) is 0 Å². The summed E-state index contributed by atoms with van der Waals surface area (Å²) >= 11 is 0. The number of carbonyl (C=O) groups is 2. The van der Waals surface area contributed by atoms with Gasteiger partial charge in [0, 0.05) is 24.7 Å². The second kappa shape index (κ2) is 5.97.